The quantitative estimate of drug-likeness (QED) is 0.0373. The smallest absolute Gasteiger partial charge is 0.306 e. The first kappa shape index (κ1) is 72.8. The number of aliphatic hydroxyl groups is 1. The number of carbonyl (C=O) groups is 2. The van der Waals surface area contributed by atoms with Crippen LogP contribution in [-0.4, -0.2) is 36.4 Å². The molecule has 0 aliphatic rings. The molecule has 0 aliphatic carbocycles. The SMILES string of the molecule is CC/C=C\C/C=C\C/C=C\C/C=C\C/C=C\C/C=C\C/C=C\CCCCCC(=O)OC(CO)COC(=O)CCCCCCCCCCCCCCCCCCCCCCCCCCC/C=C\CCCCCCCCCC. The van der Waals surface area contributed by atoms with Crippen molar-refractivity contribution < 1.29 is 24.2 Å². The standard InChI is InChI=1S/C71H124O5/c1-3-5-7-9-11-13-15-17-19-21-23-25-27-29-30-31-32-33-34-35-36-37-38-39-40-42-43-45-47-49-51-53-55-57-59-61-63-65-70(73)75-68-69(67-72)76-71(74)66-64-62-60-58-56-54-52-50-48-46-44-41-28-26-24-22-20-18-16-14-12-10-8-6-4-2/h6,8,12,14,18,20-21,23-24,26,41,44,48,50,54,56,69,72H,3-5,7,9-11,13,15-17,19,22,25,27-40,42-43,45-47,49,51-53,55,57-68H2,1-2H3/b8-6-,14-12-,20-18-,23-21-,26-24-,44-41-,50-48-,56-54-. The van der Waals surface area contributed by atoms with E-state index in [0.29, 0.717) is 12.8 Å². The van der Waals surface area contributed by atoms with Gasteiger partial charge in [-0.25, -0.2) is 0 Å². The molecule has 1 atom stereocenters. The van der Waals surface area contributed by atoms with Crippen molar-refractivity contribution in [2.24, 2.45) is 0 Å². The fourth-order valence-electron chi connectivity index (χ4n) is 9.47. The minimum absolute atomic E-state index is 0.0820. The molecule has 5 nitrogen and oxygen atoms in total. The van der Waals surface area contributed by atoms with Crippen LogP contribution >= 0.6 is 0 Å². The molecule has 0 spiro atoms. The summed E-state index contributed by atoms with van der Waals surface area (Å²) >= 11 is 0. The summed E-state index contributed by atoms with van der Waals surface area (Å²) < 4.78 is 10.7. The van der Waals surface area contributed by atoms with Crippen molar-refractivity contribution in [3.8, 4) is 0 Å². The molecule has 0 rings (SSSR count). The summed E-state index contributed by atoms with van der Waals surface area (Å²) in [5, 5.41) is 9.67. The lowest BCUT2D eigenvalue weighted by Gasteiger charge is -2.15. The molecule has 0 fully saturated rings. The fourth-order valence-corrected chi connectivity index (χ4v) is 9.47. The largest absolute Gasteiger partial charge is 0.462 e. The number of aliphatic hydroxyl groups excluding tert-OH is 1. The van der Waals surface area contributed by atoms with E-state index in [0.717, 1.165) is 89.9 Å². The van der Waals surface area contributed by atoms with Gasteiger partial charge >= 0.3 is 11.9 Å². The third-order valence-corrected chi connectivity index (χ3v) is 14.4. The molecule has 1 unspecified atom stereocenters. The molecular weight excluding hydrogens is 933 g/mol. The molecule has 0 amide bonds. The average molecular weight is 1060 g/mol. The normalized spacial score (nSPS) is 12.8. The van der Waals surface area contributed by atoms with Gasteiger partial charge < -0.3 is 14.6 Å². The zero-order valence-corrected chi connectivity index (χ0v) is 50.3. The Balaban J connectivity index is 3.47. The van der Waals surface area contributed by atoms with Crippen molar-refractivity contribution in [1.82, 2.24) is 0 Å². The van der Waals surface area contributed by atoms with Crippen LogP contribution < -0.4 is 0 Å². The molecule has 5 heteroatoms. The lowest BCUT2D eigenvalue weighted by molar-refractivity contribution is -0.161. The third kappa shape index (κ3) is 63.4. The molecule has 0 aromatic carbocycles. The number of esters is 2. The minimum Gasteiger partial charge on any atom is -0.462 e. The Bertz CT molecular complexity index is 1430. The molecule has 0 aromatic heterocycles. The highest BCUT2D eigenvalue weighted by Gasteiger charge is 2.16. The molecule has 76 heavy (non-hydrogen) atoms. The molecule has 0 saturated carbocycles. The summed E-state index contributed by atoms with van der Waals surface area (Å²) in [6.07, 6.45) is 94.3. The van der Waals surface area contributed by atoms with Crippen molar-refractivity contribution in [2.75, 3.05) is 13.2 Å². The number of hydrogen-bond acceptors (Lipinski definition) is 5. The summed E-state index contributed by atoms with van der Waals surface area (Å²) in [7, 11) is 0. The zero-order chi connectivity index (χ0) is 54.8. The average Bonchev–Trinajstić information content (AvgIpc) is 3.42. The highest BCUT2D eigenvalue weighted by atomic mass is 16.6. The second-order valence-corrected chi connectivity index (χ2v) is 21.8. The summed E-state index contributed by atoms with van der Waals surface area (Å²) in [6.45, 7) is 4.03. The maximum atomic E-state index is 12.3. The molecule has 1 N–H and O–H groups in total. The Labute approximate surface area is 472 Å². The summed E-state index contributed by atoms with van der Waals surface area (Å²) in [6, 6.07) is 0. The van der Waals surface area contributed by atoms with Gasteiger partial charge in [-0.15, -0.1) is 0 Å². The number of hydrogen-bond donors (Lipinski definition) is 1. The second kappa shape index (κ2) is 66.1. The predicted molar refractivity (Wildman–Crippen MR) is 334 cm³/mol. The number of rotatable bonds is 60. The van der Waals surface area contributed by atoms with Gasteiger partial charge in [0.2, 0.25) is 0 Å². The molecule has 0 radical (unpaired) electrons. The van der Waals surface area contributed by atoms with Gasteiger partial charge in [-0.1, -0.05) is 310 Å². The first-order valence-corrected chi connectivity index (χ1v) is 32.8. The maximum Gasteiger partial charge on any atom is 0.306 e. The monoisotopic (exact) mass is 1060 g/mol. The maximum absolute atomic E-state index is 12.3. The van der Waals surface area contributed by atoms with Crippen molar-refractivity contribution in [2.45, 2.75) is 328 Å². The fraction of sp³-hybridized carbons (Fsp3) is 0.746. The van der Waals surface area contributed by atoms with Gasteiger partial charge in [-0.2, -0.15) is 0 Å². The zero-order valence-electron chi connectivity index (χ0n) is 50.3. The molecule has 438 valence electrons. The molecule has 0 aromatic rings. The van der Waals surface area contributed by atoms with Gasteiger partial charge in [0.15, 0.2) is 6.10 Å². The molecule has 0 heterocycles. The third-order valence-electron chi connectivity index (χ3n) is 14.4. The Morgan fingerprint density at radius 2 is 0.566 bits per heavy atom. The lowest BCUT2D eigenvalue weighted by atomic mass is 10.0. The van der Waals surface area contributed by atoms with Crippen LogP contribution in [0.25, 0.3) is 0 Å². The van der Waals surface area contributed by atoms with Crippen LogP contribution in [0, 0.1) is 0 Å². The highest BCUT2D eigenvalue weighted by molar-refractivity contribution is 5.70. The lowest BCUT2D eigenvalue weighted by Crippen LogP contribution is -2.28. The van der Waals surface area contributed by atoms with Crippen molar-refractivity contribution in [3.05, 3.63) is 97.2 Å². The van der Waals surface area contributed by atoms with Gasteiger partial charge in [0.25, 0.3) is 0 Å². The molecular formula is C71H124O5. The molecule has 0 bridgehead atoms. The molecule has 0 aliphatic heterocycles. The Morgan fingerprint density at radius 1 is 0.316 bits per heavy atom. The highest BCUT2D eigenvalue weighted by Crippen LogP contribution is 2.17. The summed E-state index contributed by atoms with van der Waals surface area (Å²) in [5.41, 5.74) is 0. The Kier molecular flexibility index (Phi) is 63.3. The summed E-state index contributed by atoms with van der Waals surface area (Å²) in [5.74, 6) is -0.623. The minimum atomic E-state index is -0.796. The first-order valence-electron chi connectivity index (χ1n) is 32.8. The topological polar surface area (TPSA) is 72.8 Å². The van der Waals surface area contributed by atoms with E-state index in [-0.39, 0.29) is 25.2 Å². The van der Waals surface area contributed by atoms with E-state index in [4.69, 9.17) is 9.47 Å². The molecule has 0 saturated heterocycles. The van der Waals surface area contributed by atoms with E-state index in [1.54, 1.807) is 0 Å². The van der Waals surface area contributed by atoms with Crippen LogP contribution in [0.15, 0.2) is 97.2 Å². The van der Waals surface area contributed by atoms with Crippen LogP contribution in [0.3, 0.4) is 0 Å². The number of allylic oxidation sites excluding steroid dienone is 16. The van der Waals surface area contributed by atoms with E-state index in [1.165, 1.54) is 205 Å². The van der Waals surface area contributed by atoms with Gasteiger partial charge in [-0.3, -0.25) is 9.59 Å². The van der Waals surface area contributed by atoms with Crippen LogP contribution in [0.1, 0.15) is 322 Å². The van der Waals surface area contributed by atoms with Crippen LogP contribution in [0.5, 0.6) is 0 Å². The van der Waals surface area contributed by atoms with Crippen molar-refractivity contribution in [3.63, 3.8) is 0 Å². The van der Waals surface area contributed by atoms with E-state index >= 15 is 0 Å². The number of carbonyl (C=O) groups excluding carboxylic acids is 2. The van der Waals surface area contributed by atoms with Gasteiger partial charge in [-0.05, 0) is 96.3 Å². The van der Waals surface area contributed by atoms with Crippen LogP contribution in [-0.2, 0) is 19.1 Å². The van der Waals surface area contributed by atoms with Crippen LogP contribution in [0.4, 0.5) is 0 Å². The summed E-state index contributed by atoms with van der Waals surface area (Å²) in [4.78, 5) is 24.6. The van der Waals surface area contributed by atoms with E-state index < -0.39 is 6.10 Å². The number of ether oxygens (including phenoxy) is 2. The number of unbranched alkanes of at least 4 members (excludes halogenated alkanes) is 36. The second-order valence-electron chi connectivity index (χ2n) is 21.8. The van der Waals surface area contributed by atoms with Gasteiger partial charge in [0.05, 0.1) is 6.61 Å². The first-order chi connectivity index (χ1) is 37.6. The van der Waals surface area contributed by atoms with Crippen molar-refractivity contribution >= 4 is 11.9 Å². The van der Waals surface area contributed by atoms with E-state index in [1.807, 2.05) is 0 Å². The van der Waals surface area contributed by atoms with Gasteiger partial charge in [0, 0.05) is 12.8 Å². The van der Waals surface area contributed by atoms with Crippen LogP contribution in [0.2, 0.25) is 0 Å². The van der Waals surface area contributed by atoms with Crippen molar-refractivity contribution in [1.29, 1.82) is 0 Å². The van der Waals surface area contributed by atoms with Gasteiger partial charge in [0.1, 0.15) is 6.61 Å². The van der Waals surface area contributed by atoms with E-state index in [2.05, 4.69) is 111 Å². The van der Waals surface area contributed by atoms with E-state index in [9.17, 15) is 14.7 Å². The Morgan fingerprint density at radius 3 is 0.882 bits per heavy atom. The predicted octanol–water partition coefficient (Wildman–Crippen LogP) is 22.6. The Hall–Kier alpha value is -3.18.